The molecular formula is C10H13FN2O. The Kier molecular flexibility index (Phi) is 4.07. The molecule has 1 aromatic rings. The van der Waals surface area contributed by atoms with E-state index in [4.69, 9.17) is 0 Å². The van der Waals surface area contributed by atoms with Crippen LogP contribution >= 0.6 is 0 Å². The summed E-state index contributed by atoms with van der Waals surface area (Å²) in [6.45, 7) is 1.28. The summed E-state index contributed by atoms with van der Waals surface area (Å²) in [6, 6.07) is 5.47. The smallest absolute Gasteiger partial charge is 0.251 e. The molecule has 76 valence electrons. The number of carbonyl (C=O) groups is 1. The van der Waals surface area contributed by atoms with E-state index in [1.807, 2.05) is 7.05 Å². The number of benzene rings is 1. The van der Waals surface area contributed by atoms with Crippen LogP contribution in [0.3, 0.4) is 0 Å². The van der Waals surface area contributed by atoms with E-state index in [-0.39, 0.29) is 11.7 Å². The molecular weight excluding hydrogens is 183 g/mol. The minimum atomic E-state index is -0.336. The molecule has 0 saturated heterocycles. The highest BCUT2D eigenvalue weighted by Crippen LogP contribution is 2.01. The van der Waals surface area contributed by atoms with Crippen LogP contribution in [0.1, 0.15) is 10.4 Å². The van der Waals surface area contributed by atoms with Gasteiger partial charge in [0.15, 0.2) is 0 Å². The predicted octanol–water partition coefficient (Wildman–Crippen LogP) is 0.775. The third-order valence-corrected chi connectivity index (χ3v) is 1.77. The molecule has 0 spiro atoms. The summed E-state index contributed by atoms with van der Waals surface area (Å²) in [7, 11) is 1.81. The summed E-state index contributed by atoms with van der Waals surface area (Å²) in [6.07, 6.45) is 0. The normalized spacial score (nSPS) is 9.86. The standard InChI is InChI=1S/C10H13FN2O/c1-12-6-7-13-10(14)8-2-4-9(11)5-3-8/h2-5,12H,6-7H2,1H3,(H,13,14). The van der Waals surface area contributed by atoms with Gasteiger partial charge in [0.2, 0.25) is 0 Å². The van der Waals surface area contributed by atoms with Gasteiger partial charge in [0, 0.05) is 18.7 Å². The van der Waals surface area contributed by atoms with Crippen molar-refractivity contribution < 1.29 is 9.18 Å². The van der Waals surface area contributed by atoms with Gasteiger partial charge in [-0.25, -0.2) is 4.39 Å². The second kappa shape index (κ2) is 5.34. The van der Waals surface area contributed by atoms with Crippen LogP contribution in [0.2, 0.25) is 0 Å². The fourth-order valence-electron chi connectivity index (χ4n) is 1.00. The number of likely N-dealkylation sites (N-methyl/N-ethyl adjacent to an activating group) is 1. The number of amides is 1. The Balaban J connectivity index is 2.48. The van der Waals surface area contributed by atoms with E-state index in [1.165, 1.54) is 24.3 Å². The van der Waals surface area contributed by atoms with E-state index in [0.717, 1.165) is 0 Å². The van der Waals surface area contributed by atoms with Gasteiger partial charge in [-0.05, 0) is 31.3 Å². The summed E-state index contributed by atoms with van der Waals surface area (Å²) in [5, 5.41) is 5.60. The van der Waals surface area contributed by atoms with Crippen LogP contribution < -0.4 is 10.6 Å². The molecule has 1 rings (SSSR count). The summed E-state index contributed by atoms with van der Waals surface area (Å²) in [5.74, 6) is -0.517. The van der Waals surface area contributed by atoms with Gasteiger partial charge in [0.1, 0.15) is 5.82 Å². The molecule has 1 aromatic carbocycles. The fraction of sp³-hybridized carbons (Fsp3) is 0.300. The Morgan fingerprint density at radius 3 is 2.50 bits per heavy atom. The Morgan fingerprint density at radius 1 is 1.29 bits per heavy atom. The van der Waals surface area contributed by atoms with Crippen molar-refractivity contribution in [1.29, 1.82) is 0 Å². The van der Waals surface area contributed by atoms with Crippen LogP contribution in [0.25, 0.3) is 0 Å². The Bertz CT molecular complexity index is 297. The number of hydrogen-bond donors (Lipinski definition) is 2. The van der Waals surface area contributed by atoms with E-state index in [2.05, 4.69) is 10.6 Å². The molecule has 0 aliphatic rings. The zero-order valence-corrected chi connectivity index (χ0v) is 8.01. The van der Waals surface area contributed by atoms with Crippen LogP contribution in [0, 0.1) is 5.82 Å². The summed E-state index contributed by atoms with van der Waals surface area (Å²) in [5.41, 5.74) is 0.475. The maximum Gasteiger partial charge on any atom is 0.251 e. The monoisotopic (exact) mass is 196 g/mol. The third-order valence-electron chi connectivity index (χ3n) is 1.77. The highest BCUT2D eigenvalue weighted by atomic mass is 19.1. The second-order valence-corrected chi connectivity index (χ2v) is 2.87. The summed E-state index contributed by atoms with van der Waals surface area (Å²) >= 11 is 0. The van der Waals surface area contributed by atoms with Gasteiger partial charge in [-0.3, -0.25) is 4.79 Å². The predicted molar refractivity (Wildman–Crippen MR) is 52.7 cm³/mol. The average Bonchev–Trinajstić information content (AvgIpc) is 2.19. The van der Waals surface area contributed by atoms with E-state index in [9.17, 15) is 9.18 Å². The van der Waals surface area contributed by atoms with Crippen molar-refractivity contribution in [2.75, 3.05) is 20.1 Å². The molecule has 2 N–H and O–H groups in total. The molecule has 0 atom stereocenters. The molecule has 0 aliphatic carbocycles. The van der Waals surface area contributed by atoms with Gasteiger partial charge in [-0.2, -0.15) is 0 Å². The van der Waals surface area contributed by atoms with Gasteiger partial charge >= 0.3 is 0 Å². The van der Waals surface area contributed by atoms with E-state index < -0.39 is 0 Å². The van der Waals surface area contributed by atoms with Gasteiger partial charge < -0.3 is 10.6 Å². The van der Waals surface area contributed by atoms with Crippen molar-refractivity contribution in [1.82, 2.24) is 10.6 Å². The lowest BCUT2D eigenvalue weighted by Crippen LogP contribution is -2.30. The van der Waals surface area contributed by atoms with E-state index >= 15 is 0 Å². The van der Waals surface area contributed by atoms with Crippen molar-refractivity contribution in [3.05, 3.63) is 35.6 Å². The van der Waals surface area contributed by atoms with Crippen molar-refractivity contribution in [2.24, 2.45) is 0 Å². The molecule has 0 fully saturated rings. The molecule has 0 aromatic heterocycles. The van der Waals surface area contributed by atoms with E-state index in [1.54, 1.807) is 0 Å². The number of hydrogen-bond acceptors (Lipinski definition) is 2. The van der Waals surface area contributed by atoms with Gasteiger partial charge in [0.25, 0.3) is 5.91 Å². The molecule has 0 bridgehead atoms. The molecule has 14 heavy (non-hydrogen) atoms. The summed E-state index contributed by atoms with van der Waals surface area (Å²) < 4.78 is 12.5. The average molecular weight is 196 g/mol. The largest absolute Gasteiger partial charge is 0.351 e. The van der Waals surface area contributed by atoms with Gasteiger partial charge in [-0.15, -0.1) is 0 Å². The van der Waals surface area contributed by atoms with Crippen molar-refractivity contribution in [3.8, 4) is 0 Å². The number of carbonyl (C=O) groups excluding carboxylic acids is 1. The van der Waals surface area contributed by atoms with Gasteiger partial charge in [-0.1, -0.05) is 0 Å². The van der Waals surface area contributed by atoms with Crippen molar-refractivity contribution in [2.45, 2.75) is 0 Å². The molecule has 3 nitrogen and oxygen atoms in total. The minimum absolute atomic E-state index is 0.180. The van der Waals surface area contributed by atoms with Crippen LogP contribution in [0.4, 0.5) is 4.39 Å². The molecule has 0 unspecified atom stereocenters. The quantitative estimate of drug-likeness (QED) is 0.698. The van der Waals surface area contributed by atoms with Crippen LogP contribution in [0.15, 0.2) is 24.3 Å². The van der Waals surface area contributed by atoms with E-state index in [0.29, 0.717) is 18.7 Å². The SMILES string of the molecule is CNCCNC(=O)c1ccc(F)cc1. The molecule has 0 radical (unpaired) electrons. The van der Waals surface area contributed by atoms with Crippen molar-refractivity contribution >= 4 is 5.91 Å². The lowest BCUT2D eigenvalue weighted by Gasteiger charge is -2.03. The lowest BCUT2D eigenvalue weighted by molar-refractivity contribution is 0.0954. The highest BCUT2D eigenvalue weighted by molar-refractivity contribution is 5.94. The highest BCUT2D eigenvalue weighted by Gasteiger charge is 2.03. The fourth-order valence-corrected chi connectivity index (χ4v) is 1.00. The number of nitrogens with one attached hydrogen (secondary N) is 2. The molecule has 0 saturated carbocycles. The Hall–Kier alpha value is -1.42. The molecule has 1 amide bonds. The van der Waals surface area contributed by atoms with Crippen LogP contribution in [-0.4, -0.2) is 26.0 Å². The molecule has 4 heteroatoms. The molecule has 0 heterocycles. The molecule has 0 aliphatic heterocycles. The lowest BCUT2D eigenvalue weighted by atomic mass is 10.2. The zero-order chi connectivity index (χ0) is 10.4. The first-order valence-corrected chi connectivity index (χ1v) is 4.42. The maximum absolute atomic E-state index is 12.5. The first-order chi connectivity index (χ1) is 6.74. The first kappa shape index (κ1) is 10.7. The maximum atomic E-state index is 12.5. The second-order valence-electron chi connectivity index (χ2n) is 2.87. The number of rotatable bonds is 4. The van der Waals surface area contributed by atoms with Crippen LogP contribution in [0.5, 0.6) is 0 Å². The van der Waals surface area contributed by atoms with Crippen LogP contribution in [-0.2, 0) is 0 Å². The zero-order valence-electron chi connectivity index (χ0n) is 8.01. The Morgan fingerprint density at radius 2 is 1.93 bits per heavy atom. The topological polar surface area (TPSA) is 41.1 Å². The summed E-state index contributed by atoms with van der Waals surface area (Å²) in [4.78, 5) is 11.4. The third kappa shape index (κ3) is 3.14. The first-order valence-electron chi connectivity index (χ1n) is 4.42. The van der Waals surface area contributed by atoms with Crippen molar-refractivity contribution in [3.63, 3.8) is 0 Å². The van der Waals surface area contributed by atoms with Gasteiger partial charge in [0.05, 0.1) is 0 Å². The minimum Gasteiger partial charge on any atom is -0.351 e. The Labute approximate surface area is 82.3 Å². The number of halogens is 1.